The van der Waals surface area contributed by atoms with E-state index >= 15 is 0 Å². The van der Waals surface area contributed by atoms with Gasteiger partial charge in [0.15, 0.2) is 0 Å². The molecule has 1 aromatic rings. The average Bonchev–Trinajstić information content (AvgIpc) is 2.38. The molecule has 0 saturated carbocycles. The first-order valence-corrected chi connectivity index (χ1v) is 6.16. The lowest BCUT2D eigenvalue weighted by Gasteiger charge is -2.21. The third-order valence-corrected chi connectivity index (χ3v) is 2.92. The number of phenols is 1. The molecule has 0 saturated heterocycles. The molecule has 1 aromatic carbocycles. The third-order valence-electron chi connectivity index (χ3n) is 2.92. The molecule has 0 spiro atoms. The van der Waals surface area contributed by atoms with Crippen molar-refractivity contribution in [3.63, 3.8) is 0 Å². The van der Waals surface area contributed by atoms with Crippen LogP contribution in [0.1, 0.15) is 24.2 Å². The Hall–Kier alpha value is -1.75. The van der Waals surface area contributed by atoms with Crippen LogP contribution in [0.15, 0.2) is 18.2 Å². The zero-order chi connectivity index (χ0) is 14.4. The van der Waals surface area contributed by atoms with E-state index in [1.807, 2.05) is 13.8 Å². The first kappa shape index (κ1) is 15.3. The number of rotatable bonds is 6. The number of nitrogens with one attached hydrogen (secondary N) is 1. The molecule has 5 heteroatoms. The summed E-state index contributed by atoms with van der Waals surface area (Å²) in [6.07, 6.45) is 0. The summed E-state index contributed by atoms with van der Waals surface area (Å²) in [5.74, 6) is 0.345. The van der Waals surface area contributed by atoms with Gasteiger partial charge in [0.2, 0.25) is 0 Å². The van der Waals surface area contributed by atoms with Crippen LogP contribution in [-0.2, 0) is 4.74 Å². The van der Waals surface area contributed by atoms with Gasteiger partial charge < -0.3 is 19.9 Å². The SMILES string of the molecule is COCC(NC(=O)c1cc(OC)ccc1O)C(C)C. The number of ether oxygens (including phenoxy) is 2. The van der Waals surface area contributed by atoms with Crippen LogP contribution in [-0.4, -0.2) is 37.9 Å². The van der Waals surface area contributed by atoms with Crippen molar-refractivity contribution in [3.8, 4) is 11.5 Å². The molecule has 0 radical (unpaired) electrons. The summed E-state index contributed by atoms with van der Waals surface area (Å²) in [5.41, 5.74) is 0.195. The predicted molar refractivity (Wildman–Crippen MR) is 72.6 cm³/mol. The van der Waals surface area contributed by atoms with Crippen LogP contribution < -0.4 is 10.1 Å². The van der Waals surface area contributed by atoms with E-state index in [1.165, 1.54) is 19.2 Å². The van der Waals surface area contributed by atoms with E-state index < -0.39 is 0 Å². The van der Waals surface area contributed by atoms with Crippen molar-refractivity contribution >= 4 is 5.91 Å². The number of carbonyl (C=O) groups is 1. The monoisotopic (exact) mass is 267 g/mol. The van der Waals surface area contributed by atoms with E-state index in [2.05, 4.69) is 5.32 Å². The number of benzene rings is 1. The standard InChI is InChI=1S/C14H21NO4/c1-9(2)12(8-18-3)15-14(17)11-7-10(19-4)5-6-13(11)16/h5-7,9,12,16H,8H2,1-4H3,(H,15,17). The van der Waals surface area contributed by atoms with Gasteiger partial charge in [-0.05, 0) is 24.1 Å². The van der Waals surface area contributed by atoms with E-state index in [0.29, 0.717) is 12.4 Å². The van der Waals surface area contributed by atoms with Crippen molar-refractivity contribution in [2.45, 2.75) is 19.9 Å². The second-order valence-corrected chi connectivity index (χ2v) is 4.66. The number of carbonyl (C=O) groups excluding carboxylic acids is 1. The number of aromatic hydroxyl groups is 1. The average molecular weight is 267 g/mol. The Morgan fingerprint density at radius 1 is 1.37 bits per heavy atom. The van der Waals surface area contributed by atoms with E-state index in [-0.39, 0.29) is 29.2 Å². The van der Waals surface area contributed by atoms with Crippen molar-refractivity contribution in [1.82, 2.24) is 5.32 Å². The lowest BCUT2D eigenvalue weighted by atomic mass is 10.0. The second kappa shape index (κ2) is 6.99. The highest BCUT2D eigenvalue weighted by Gasteiger charge is 2.19. The van der Waals surface area contributed by atoms with Crippen LogP contribution >= 0.6 is 0 Å². The van der Waals surface area contributed by atoms with E-state index in [1.54, 1.807) is 13.2 Å². The Morgan fingerprint density at radius 3 is 2.58 bits per heavy atom. The lowest BCUT2D eigenvalue weighted by molar-refractivity contribution is 0.0863. The molecule has 106 valence electrons. The molecule has 0 heterocycles. The fraction of sp³-hybridized carbons (Fsp3) is 0.500. The Bertz CT molecular complexity index is 431. The highest BCUT2D eigenvalue weighted by Crippen LogP contribution is 2.23. The van der Waals surface area contributed by atoms with Gasteiger partial charge in [0, 0.05) is 7.11 Å². The molecule has 2 N–H and O–H groups in total. The predicted octanol–water partition coefficient (Wildman–Crippen LogP) is 1.80. The van der Waals surface area contributed by atoms with E-state index in [0.717, 1.165) is 0 Å². The zero-order valence-electron chi connectivity index (χ0n) is 11.8. The van der Waals surface area contributed by atoms with Crippen molar-refractivity contribution in [2.75, 3.05) is 20.8 Å². The number of hydrogen-bond acceptors (Lipinski definition) is 4. The van der Waals surface area contributed by atoms with Gasteiger partial charge in [0.25, 0.3) is 5.91 Å². The largest absolute Gasteiger partial charge is 0.507 e. The molecule has 1 amide bonds. The summed E-state index contributed by atoms with van der Waals surface area (Å²) in [5, 5.41) is 12.6. The zero-order valence-corrected chi connectivity index (χ0v) is 11.8. The van der Waals surface area contributed by atoms with Crippen molar-refractivity contribution in [3.05, 3.63) is 23.8 Å². The smallest absolute Gasteiger partial charge is 0.255 e. The van der Waals surface area contributed by atoms with Gasteiger partial charge in [-0.2, -0.15) is 0 Å². The van der Waals surface area contributed by atoms with Crippen LogP contribution in [0.25, 0.3) is 0 Å². The summed E-state index contributed by atoms with van der Waals surface area (Å²) >= 11 is 0. The molecule has 0 fully saturated rings. The normalized spacial score (nSPS) is 12.3. The topological polar surface area (TPSA) is 67.8 Å². The van der Waals surface area contributed by atoms with Crippen LogP contribution in [0.4, 0.5) is 0 Å². The molecule has 19 heavy (non-hydrogen) atoms. The van der Waals surface area contributed by atoms with Gasteiger partial charge in [-0.1, -0.05) is 13.8 Å². The van der Waals surface area contributed by atoms with Crippen LogP contribution in [0.5, 0.6) is 11.5 Å². The van der Waals surface area contributed by atoms with Gasteiger partial charge in [-0.3, -0.25) is 4.79 Å². The molecule has 5 nitrogen and oxygen atoms in total. The Labute approximate surface area is 113 Å². The number of amides is 1. The molecule has 1 rings (SSSR count). The third kappa shape index (κ3) is 4.13. The molecule has 1 atom stereocenters. The molecule has 0 aromatic heterocycles. The van der Waals surface area contributed by atoms with E-state index in [4.69, 9.17) is 9.47 Å². The van der Waals surface area contributed by atoms with Gasteiger partial charge in [-0.25, -0.2) is 0 Å². The fourth-order valence-electron chi connectivity index (χ4n) is 1.65. The molecule has 1 unspecified atom stereocenters. The number of phenolic OH excluding ortho intramolecular Hbond substituents is 1. The molecule has 0 aliphatic heterocycles. The van der Waals surface area contributed by atoms with Crippen LogP contribution in [0.3, 0.4) is 0 Å². The second-order valence-electron chi connectivity index (χ2n) is 4.66. The van der Waals surface area contributed by atoms with E-state index in [9.17, 15) is 9.90 Å². The minimum absolute atomic E-state index is 0.0711. The minimum Gasteiger partial charge on any atom is -0.507 e. The minimum atomic E-state index is -0.341. The van der Waals surface area contributed by atoms with Gasteiger partial charge in [0.1, 0.15) is 11.5 Å². The molecular formula is C14H21NO4. The summed E-state index contributed by atoms with van der Waals surface area (Å²) in [6, 6.07) is 4.44. The Balaban J connectivity index is 2.87. The number of methoxy groups -OCH3 is 2. The first-order chi connectivity index (χ1) is 8.99. The van der Waals surface area contributed by atoms with Crippen molar-refractivity contribution in [1.29, 1.82) is 0 Å². The van der Waals surface area contributed by atoms with Gasteiger partial charge in [-0.15, -0.1) is 0 Å². The molecule has 0 bridgehead atoms. The molecule has 0 aliphatic carbocycles. The molecule has 0 aliphatic rings. The molecular weight excluding hydrogens is 246 g/mol. The Morgan fingerprint density at radius 2 is 2.05 bits per heavy atom. The van der Waals surface area contributed by atoms with Crippen molar-refractivity contribution in [2.24, 2.45) is 5.92 Å². The van der Waals surface area contributed by atoms with Gasteiger partial charge >= 0.3 is 0 Å². The lowest BCUT2D eigenvalue weighted by Crippen LogP contribution is -2.41. The van der Waals surface area contributed by atoms with Crippen molar-refractivity contribution < 1.29 is 19.4 Å². The maximum Gasteiger partial charge on any atom is 0.255 e. The number of hydrogen-bond donors (Lipinski definition) is 2. The summed E-state index contributed by atoms with van der Waals surface area (Å²) in [7, 11) is 3.10. The fourth-order valence-corrected chi connectivity index (χ4v) is 1.65. The van der Waals surface area contributed by atoms with Crippen LogP contribution in [0, 0.1) is 5.92 Å². The highest BCUT2D eigenvalue weighted by atomic mass is 16.5. The maximum absolute atomic E-state index is 12.1. The highest BCUT2D eigenvalue weighted by molar-refractivity contribution is 5.97. The first-order valence-electron chi connectivity index (χ1n) is 6.16. The Kier molecular flexibility index (Phi) is 5.63. The quantitative estimate of drug-likeness (QED) is 0.824. The summed E-state index contributed by atoms with van der Waals surface area (Å²) in [4.78, 5) is 12.1. The van der Waals surface area contributed by atoms with Gasteiger partial charge in [0.05, 0.1) is 25.3 Å². The van der Waals surface area contributed by atoms with Crippen LogP contribution in [0.2, 0.25) is 0 Å². The summed E-state index contributed by atoms with van der Waals surface area (Å²) in [6.45, 7) is 4.42. The maximum atomic E-state index is 12.1. The summed E-state index contributed by atoms with van der Waals surface area (Å²) < 4.78 is 10.1.